The molecule has 0 saturated carbocycles. The van der Waals surface area contributed by atoms with Crippen LogP contribution in [0.4, 0.5) is 0 Å². The molecule has 1 unspecified atom stereocenters. The van der Waals surface area contributed by atoms with Crippen LogP contribution in [0.5, 0.6) is 0 Å². The highest BCUT2D eigenvalue weighted by atomic mass is 32.2. The van der Waals surface area contributed by atoms with Crippen LogP contribution >= 0.6 is 11.8 Å². The van der Waals surface area contributed by atoms with Gasteiger partial charge in [-0.2, -0.15) is 0 Å². The minimum Gasteiger partial charge on any atom is -0.351 e. The molecule has 0 bridgehead atoms. The van der Waals surface area contributed by atoms with E-state index in [-0.39, 0.29) is 16.7 Å². The minimum atomic E-state index is -0.357. The molecule has 0 fully saturated rings. The van der Waals surface area contributed by atoms with Crippen molar-refractivity contribution >= 4 is 28.6 Å². The van der Waals surface area contributed by atoms with Gasteiger partial charge in [0.15, 0.2) is 5.16 Å². The molecule has 0 aliphatic carbocycles. The van der Waals surface area contributed by atoms with Crippen LogP contribution in [-0.4, -0.2) is 20.7 Å². The predicted molar refractivity (Wildman–Crippen MR) is 105 cm³/mol. The lowest BCUT2D eigenvalue weighted by atomic mass is 10.2. The van der Waals surface area contributed by atoms with Crippen LogP contribution in [0.3, 0.4) is 0 Å². The Morgan fingerprint density at radius 3 is 2.58 bits per heavy atom. The van der Waals surface area contributed by atoms with Gasteiger partial charge in [-0.05, 0) is 31.5 Å². The smallest absolute Gasteiger partial charge is 0.262 e. The number of carbonyl (C=O) groups is 1. The molecular formula is C20H21N3O2S. The summed E-state index contributed by atoms with van der Waals surface area (Å²) in [5.74, 6) is -0.0797. The number of aromatic nitrogens is 2. The first-order valence-corrected chi connectivity index (χ1v) is 9.46. The van der Waals surface area contributed by atoms with Gasteiger partial charge in [-0.25, -0.2) is 4.98 Å². The molecule has 1 heterocycles. The van der Waals surface area contributed by atoms with E-state index < -0.39 is 0 Å². The molecule has 3 rings (SSSR count). The van der Waals surface area contributed by atoms with Crippen LogP contribution in [0, 0.1) is 0 Å². The maximum absolute atomic E-state index is 12.7. The molecular weight excluding hydrogens is 346 g/mol. The number of para-hydroxylation sites is 1. The number of thioether (sulfide) groups is 1. The van der Waals surface area contributed by atoms with Gasteiger partial charge in [-0.1, -0.05) is 54.2 Å². The monoisotopic (exact) mass is 367 g/mol. The van der Waals surface area contributed by atoms with Gasteiger partial charge in [-0.15, -0.1) is 0 Å². The summed E-state index contributed by atoms with van der Waals surface area (Å²) in [6, 6.07) is 17.1. The zero-order valence-electron chi connectivity index (χ0n) is 14.8. The van der Waals surface area contributed by atoms with Crippen molar-refractivity contribution in [3.8, 4) is 0 Å². The molecule has 1 atom stereocenters. The highest BCUT2D eigenvalue weighted by molar-refractivity contribution is 8.00. The molecule has 2 aromatic carbocycles. The van der Waals surface area contributed by atoms with E-state index in [0.29, 0.717) is 29.1 Å². The van der Waals surface area contributed by atoms with Crippen LogP contribution in [0.2, 0.25) is 0 Å². The largest absolute Gasteiger partial charge is 0.351 e. The maximum Gasteiger partial charge on any atom is 0.262 e. The van der Waals surface area contributed by atoms with E-state index in [2.05, 4.69) is 10.3 Å². The Morgan fingerprint density at radius 1 is 1.15 bits per heavy atom. The van der Waals surface area contributed by atoms with E-state index in [0.717, 1.165) is 5.56 Å². The second-order valence-corrected chi connectivity index (χ2v) is 7.23. The van der Waals surface area contributed by atoms with Crippen LogP contribution in [0.25, 0.3) is 10.9 Å². The highest BCUT2D eigenvalue weighted by Gasteiger charge is 2.18. The average Bonchev–Trinajstić information content (AvgIpc) is 2.67. The van der Waals surface area contributed by atoms with Crippen molar-refractivity contribution < 1.29 is 4.79 Å². The van der Waals surface area contributed by atoms with Crippen LogP contribution < -0.4 is 10.9 Å². The van der Waals surface area contributed by atoms with Gasteiger partial charge in [-0.3, -0.25) is 14.2 Å². The summed E-state index contributed by atoms with van der Waals surface area (Å²) < 4.78 is 1.62. The van der Waals surface area contributed by atoms with Crippen molar-refractivity contribution in [1.82, 2.24) is 14.9 Å². The lowest BCUT2D eigenvalue weighted by Gasteiger charge is -2.15. The summed E-state index contributed by atoms with van der Waals surface area (Å²) in [7, 11) is 0. The molecule has 1 amide bonds. The van der Waals surface area contributed by atoms with Gasteiger partial charge in [0.2, 0.25) is 5.91 Å². The standard InChI is InChI=1S/C20H21N3O2S/c1-3-23-19(25)16-11-7-8-12-17(16)22-20(23)26-14(2)18(24)21-13-15-9-5-4-6-10-15/h4-12,14H,3,13H2,1-2H3,(H,21,24). The number of nitrogens with one attached hydrogen (secondary N) is 1. The van der Waals surface area contributed by atoms with Gasteiger partial charge < -0.3 is 5.32 Å². The van der Waals surface area contributed by atoms with E-state index in [9.17, 15) is 9.59 Å². The number of nitrogens with zero attached hydrogens (tertiary/aromatic N) is 2. The number of amides is 1. The van der Waals surface area contributed by atoms with Gasteiger partial charge >= 0.3 is 0 Å². The first-order chi connectivity index (χ1) is 12.6. The van der Waals surface area contributed by atoms with E-state index in [4.69, 9.17) is 0 Å². The van der Waals surface area contributed by atoms with Crippen LogP contribution in [0.1, 0.15) is 19.4 Å². The van der Waals surface area contributed by atoms with Crippen molar-refractivity contribution in [2.45, 2.75) is 37.3 Å². The van der Waals surface area contributed by atoms with Gasteiger partial charge in [0.1, 0.15) is 0 Å². The summed E-state index contributed by atoms with van der Waals surface area (Å²) in [6.45, 7) is 4.72. The number of hydrogen-bond acceptors (Lipinski definition) is 4. The van der Waals surface area contributed by atoms with E-state index in [1.54, 1.807) is 10.6 Å². The summed E-state index contributed by atoms with van der Waals surface area (Å²) >= 11 is 1.31. The lowest BCUT2D eigenvalue weighted by Crippen LogP contribution is -2.31. The Labute approximate surface area is 156 Å². The normalized spacial score (nSPS) is 12.1. The molecule has 0 aliphatic rings. The molecule has 26 heavy (non-hydrogen) atoms. The van der Waals surface area contributed by atoms with Gasteiger partial charge in [0.25, 0.3) is 5.56 Å². The Bertz CT molecular complexity index is 970. The molecule has 0 aliphatic heterocycles. The zero-order chi connectivity index (χ0) is 18.5. The van der Waals surface area contributed by atoms with E-state index in [1.165, 1.54) is 11.8 Å². The van der Waals surface area contributed by atoms with Crippen molar-refractivity contribution in [3.05, 3.63) is 70.5 Å². The molecule has 1 N–H and O–H groups in total. The fourth-order valence-electron chi connectivity index (χ4n) is 2.66. The number of hydrogen-bond donors (Lipinski definition) is 1. The Kier molecular flexibility index (Phi) is 5.73. The minimum absolute atomic E-state index is 0.0718. The molecule has 0 saturated heterocycles. The number of fused-ring (bicyclic) bond motifs is 1. The number of benzene rings is 2. The summed E-state index contributed by atoms with van der Waals surface area (Å²) in [5.41, 5.74) is 1.63. The molecule has 0 radical (unpaired) electrons. The number of rotatable bonds is 6. The van der Waals surface area contributed by atoms with Crippen LogP contribution in [-0.2, 0) is 17.9 Å². The molecule has 6 heteroatoms. The molecule has 134 valence electrons. The number of carbonyl (C=O) groups excluding carboxylic acids is 1. The summed E-state index contributed by atoms with van der Waals surface area (Å²) in [6.07, 6.45) is 0. The quantitative estimate of drug-likeness (QED) is 0.537. The Hall–Kier alpha value is -2.60. The SMILES string of the molecule is CCn1c(SC(C)C(=O)NCc2ccccc2)nc2ccccc2c1=O. The zero-order valence-corrected chi connectivity index (χ0v) is 15.6. The van der Waals surface area contributed by atoms with Crippen molar-refractivity contribution in [2.75, 3.05) is 0 Å². The van der Waals surface area contributed by atoms with Gasteiger partial charge in [0.05, 0.1) is 16.2 Å². The fraction of sp³-hybridized carbons (Fsp3) is 0.250. The Balaban J connectivity index is 1.77. The fourth-order valence-corrected chi connectivity index (χ4v) is 3.65. The molecule has 5 nitrogen and oxygen atoms in total. The van der Waals surface area contributed by atoms with Crippen LogP contribution in [0.15, 0.2) is 64.5 Å². The maximum atomic E-state index is 12.7. The topological polar surface area (TPSA) is 64.0 Å². The first kappa shape index (κ1) is 18.2. The third-order valence-corrected chi connectivity index (χ3v) is 5.19. The van der Waals surface area contributed by atoms with Crippen molar-refractivity contribution in [3.63, 3.8) is 0 Å². The second-order valence-electron chi connectivity index (χ2n) is 5.92. The predicted octanol–water partition coefficient (Wildman–Crippen LogP) is 3.21. The molecule has 3 aromatic rings. The second kappa shape index (κ2) is 8.19. The van der Waals surface area contributed by atoms with Crippen molar-refractivity contribution in [1.29, 1.82) is 0 Å². The highest BCUT2D eigenvalue weighted by Crippen LogP contribution is 2.22. The Morgan fingerprint density at radius 2 is 1.85 bits per heavy atom. The molecule has 0 spiro atoms. The van der Waals surface area contributed by atoms with E-state index >= 15 is 0 Å². The van der Waals surface area contributed by atoms with Gasteiger partial charge in [0, 0.05) is 13.1 Å². The lowest BCUT2D eigenvalue weighted by molar-refractivity contribution is -0.120. The van der Waals surface area contributed by atoms with Crippen molar-refractivity contribution in [2.24, 2.45) is 0 Å². The third-order valence-electron chi connectivity index (χ3n) is 4.10. The summed E-state index contributed by atoms with van der Waals surface area (Å²) in [4.78, 5) is 29.7. The molecule has 1 aromatic heterocycles. The summed E-state index contributed by atoms with van der Waals surface area (Å²) in [5, 5.41) is 3.74. The average molecular weight is 367 g/mol. The third kappa shape index (κ3) is 3.96. The van der Waals surface area contributed by atoms with E-state index in [1.807, 2.05) is 62.4 Å². The first-order valence-electron chi connectivity index (χ1n) is 8.58.